The minimum Gasteiger partial charge on any atom is -0.361 e. The zero-order chi connectivity index (χ0) is 19.6. The van der Waals surface area contributed by atoms with Crippen LogP contribution in [0, 0.1) is 19.7 Å². The molecule has 7 nitrogen and oxygen atoms in total. The Morgan fingerprint density at radius 3 is 2.37 bits per heavy atom. The second kappa shape index (κ2) is 7.20. The molecular formula is C18H16FN3O4S. The molecule has 140 valence electrons. The molecule has 0 saturated heterocycles. The van der Waals surface area contributed by atoms with Crippen LogP contribution in [-0.4, -0.2) is 19.5 Å². The fourth-order valence-electron chi connectivity index (χ4n) is 2.36. The normalized spacial score (nSPS) is 11.2. The maximum absolute atomic E-state index is 13.9. The van der Waals surface area contributed by atoms with Crippen molar-refractivity contribution >= 4 is 27.3 Å². The molecule has 1 aromatic heterocycles. The maximum Gasteiger partial charge on any atom is 0.264 e. The highest BCUT2D eigenvalue weighted by atomic mass is 32.2. The predicted molar refractivity (Wildman–Crippen MR) is 97.6 cm³/mol. The summed E-state index contributed by atoms with van der Waals surface area (Å²) in [6.07, 6.45) is 1.31. The third-order valence-corrected chi connectivity index (χ3v) is 5.16. The summed E-state index contributed by atoms with van der Waals surface area (Å²) in [4.78, 5) is 11.7. The number of aromatic nitrogens is 1. The van der Waals surface area contributed by atoms with E-state index in [1.807, 2.05) is 0 Å². The number of nitrogens with zero attached hydrogens (tertiary/aromatic N) is 1. The lowest BCUT2D eigenvalue weighted by molar-refractivity contribution is 0.102. The van der Waals surface area contributed by atoms with E-state index in [9.17, 15) is 17.6 Å². The second-order valence-corrected chi connectivity index (χ2v) is 7.52. The SMILES string of the molecule is Cc1ccc(F)c(S(=O)(=O)Nc2ccc(NC(=O)c3cnoc3C)cc2)c1. The van der Waals surface area contributed by atoms with Gasteiger partial charge in [-0.1, -0.05) is 11.2 Å². The zero-order valence-electron chi connectivity index (χ0n) is 14.5. The summed E-state index contributed by atoms with van der Waals surface area (Å²) in [5.41, 5.74) is 1.61. The van der Waals surface area contributed by atoms with Gasteiger partial charge in [-0.15, -0.1) is 0 Å². The first kappa shape index (κ1) is 18.6. The Bertz CT molecular complexity index is 1090. The van der Waals surface area contributed by atoms with Crippen molar-refractivity contribution in [2.45, 2.75) is 18.7 Å². The van der Waals surface area contributed by atoms with E-state index in [2.05, 4.69) is 15.2 Å². The van der Waals surface area contributed by atoms with E-state index in [-0.39, 0.29) is 5.69 Å². The number of carbonyl (C=O) groups excluding carboxylic acids is 1. The van der Waals surface area contributed by atoms with Crippen LogP contribution in [0.5, 0.6) is 0 Å². The maximum atomic E-state index is 13.9. The number of benzene rings is 2. The van der Waals surface area contributed by atoms with Gasteiger partial charge in [-0.25, -0.2) is 12.8 Å². The monoisotopic (exact) mass is 389 g/mol. The lowest BCUT2D eigenvalue weighted by Crippen LogP contribution is -2.15. The average molecular weight is 389 g/mol. The highest BCUT2D eigenvalue weighted by Crippen LogP contribution is 2.22. The average Bonchev–Trinajstić information content (AvgIpc) is 3.04. The number of aryl methyl sites for hydroxylation is 2. The smallest absolute Gasteiger partial charge is 0.264 e. The Balaban J connectivity index is 1.75. The summed E-state index contributed by atoms with van der Waals surface area (Å²) in [6, 6.07) is 9.81. The Morgan fingerprint density at radius 2 is 1.74 bits per heavy atom. The van der Waals surface area contributed by atoms with Crippen LogP contribution in [-0.2, 0) is 10.0 Å². The van der Waals surface area contributed by atoms with Gasteiger partial charge < -0.3 is 9.84 Å². The summed E-state index contributed by atoms with van der Waals surface area (Å²) in [7, 11) is -4.08. The number of carbonyl (C=O) groups is 1. The lowest BCUT2D eigenvalue weighted by Gasteiger charge is -2.10. The molecule has 9 heteroatoms. The van der Waals surface area contributed by atoms with Crippen LogP contribution in [0.4, 0.5) is 15.8 Å². The predicted octanol–water partition coefficient (Wildman–Crippen LogP) is 3.48. The van der Waals surface area contributed by atoms with E-state index in [1.165, 1.54) is 42.6 Å². The van der Waals surface area contributed by atoms with Gasteiger partial charge in [0.25, 0.3) is 15.9 Å². The zero-order valence-corrected chi connectivity index (χ0v) is 15.3. The molecule has 0 fully saturated rings. The minimum absolute atomic E-state index is 0.232. The molecule has 0 unspecified atom stereocenters. The molecule has 3 aromatic rings. The number of halogens is 1. The van der Waals surface area contributed by atoms with Gasteiger partial charge in [0.2, 0.25) is 0 Å². The fraction of sp³-hybridized carbons (Fsp3) is 0.111. The molecule has 0 radical (unpaired) electrons. The van der Waals surface area contributed by atoms with Crippen LogP contribution in [0.1, 0.15) is 21.7 Å². The largest absolute Gasteiger partial charge is 0.361 e. The summed E-state index contributed by atoms with van der Waals surface area (Å²) >= 11 is 0. The van der Waals surface area contributed by atoms with Gasteiger partial charge >= 0.3 is 0 Å². The summed E-state index contributed by atoms with van der Waals surface area (Å²) < 4.78 is 45.8. The Kier molecular flexibility index (Phi) is 4.95. The van der Waals surface area contributed by atoms with Gasteiger partial charge in [-0.2, -0.15) is 0 Å². The summed E-state index contributed by atoms with van der Waals surface area (Å²) in [5, 5.41) is 6.19. The van der Waals surface area contributed by atoms with Crippen LogP contribution < -0.4 is 10.0 Å². The molecule has 3 rings (SSSR count). The molecule has 1 heterocycles. The van der Waals surface area contributed by atoms with Crippen LogP contribution in [0.2, 0.25) is 0 Å². The number of nitrogens with one attached hydrogen (secondary N) is 2. The topological polar surface area (TPSA) is 101 Å². The molecule has 0 atom stereocenters. The molecule has 27 heavy (non-hydrogen) atoms. The lowest BCUT2D eigenvalue weighted by atomic mass is 10.2. The highest BCUT2D eigenvalue weighted by Gasteiger charge is 2.19. The summed E-state index contributed by atoms with van der Waals surface area (Å²) in [5.74, 6) is -0.845. The Morgan fingerprint density at radius 1 is 1.07 bits per heavy atom. The second-order valence-electron chi connectivity index (χ2n) is 5.87. The van der Waals surface area contributed by atoms with Crippen molar-refractivity contribution in [1.82, 2.24) is 5.16 Å². The molecule has 2 aromatic carbocycles. The first-order valence-electron chi connectivity index (χ1n) is 7.88. The Labute approximate surface area is 155 Å². The summed E-state index contributed by atoms with van der Waals surface area (Å²) in [6.45, 7) is 3.29. The first-order chi connectivity index (χ1) is 12.8. The molecule has 0 aliphatic heterocycles. The van der Waals surface area contributed by atoms with Crippen molar-refractivity contribution in [1.29, 1.82) is 0 Å². The molecule has 0 bridgehead atoms. The van der Waals surface area contributed by atoms with Gasteiger partial charge in [0, 0.05) is 11.4 Å². The van der Waals surface area contributed by atoms with E-state index >= 15 is 0 Å². The minimum atomic E-state index is -4.08. The van der Waals surface area contributed by atoms with Crippen LogP contribution in [0.25, 0.3) is 0 Å². The third-order valence-electron chi connectivity index (χ3n) is 3.77. The molecule has 0 aliphatic rings. The molecule has 0 spiro atoms. The number of anilines is 2. The van der Waals surface area contributed by atoms with Crippen molar-refractivity contribution in [3.63, 3.8) is 0 Å². The van der Waals surface area contributed by atoms with E-state index < -0.39 is 26.6 Å². The number of sulfonamides is 1. The fourth-order valence-corrected chi connectivity index (χ4v) is 3.59. The van der Waals surface area contributed by atoms with Gasteiger partial charge in [-0.05, 0) is 55.8 Å². The van der Waals surface area contributed by atoms with Crippen LogP contribution >= 0.6 is 0 Å². The van der Waals surface area contributed by atoms with E-state index in [0.29, 0.717) is 22.6 Å². The molecule has 0 aliphatic carbocycles. The number of hydrogen-bond donors (Lipinski definition) is 2. The van der Waals surface area contributed by atoms with E-state index in [0.717, 1.165) is 6.07 Å². The van der Waals surface area contributed by atoms with Crippen molar-refractivity contribution in [2.75, 3.05) is 10.0 Å². The van der Waals surface area contributed by atoms with Gasteiger partial charge in [0.1, 0.15) is 22.0 Å². The van der Waals surface area contributed by atoms with Gasteiger partial charge in [-0.3, -0.25) is 9.52 Å². The van der Waals surface area contributed by atoms with Crippen LogP contribution in [0.15, 0.2) is 58.1 Å². The van der Waals surface area contributed by atoms with Crippen molar-refractivity contribution in [3.05, 3.63) is 71.4 Å². The van der Waals surface area contributed by atoms with Crippen molar-refractivity contribution < 1.29 is 22.1 Å². The quantitative estimate of drug-likeness (QED) is 0.696. The van der Waals surface area contributed by atoms with Crippen molar-refractivity contribution in [3.8, 4) is 0 Å². The van der Waals surface area contributed by atoms with Gasteiger partial charge in [0.05, 0.1) is 6.20 Å². The number of rotatable bonds is 5. The van der Waals surface area contributed by atoms with Crippen molar-refractivity contribution in [2.24, 2.45) is 0 Å². The first-order valence-corrected chi connectivity index (χ1v) is 9.36. The van der Waals surface area contributed by atoms with Crippen LogP contribution in [0.3, 0.4) is 0 Å². The van der Waals surface area contributed by atoms with Gasteiger partial charge in [0.15, 0.2) is 0 Å². The molecule has 1 amide bonds. The molecular weight excluding hydrogens is 373 g/mol. The van der Waals surface area contributed by atoms with E-state index in [4.69, 9.17) is 4.52 Å². The Hall–Kier alpha value is -3.20. The molecule has 0 saturated carbocycles. The molecule has 2 N–H and O–H groups in total. The number of hydrogen-bond acceptors (Lipinski definition) is 5. The number of amides is 1. The standard InChI is InChI=1S/C18H16FN3O4S/c1-11-3-8-16(19)17(9-11)27(24,25)22-14-6-4-13(5-7-14)21-18(23)15-10-20-26-12(15)2/h3-10,22H,1-2H3,(H,21,23). The van der Waals surface area contributed by atoms with E-state index in [1.54, 1.807) is 13.8 Å². The highest BCUT2D eigenvalue weighted by molar-refractivity contribution is 7.92. The third kappa shape index (κ3) is 4.14.